The van der Waals surface area contributed by atoms with Crippen LogP contribution in [0.1, 0.15) is 13.3 Å². The molecule has 0 saturated heterocycles. The Morgan fingerprint density at radius 1 is 1.64 bits per heavy atom. The van der Waals surface area contributed by atoms with Crippen LogP contribution in [0.2, 0.25) is 0 Å². The van der Waals surface area contributed by atoms with Crippen LogP contribution in [0.5, 0.6) is 5.88 Å². The summed E-state index contributed by atoms with van der Waals surface area (Å²) in [5, 5.41) is 10.5. The maximum Gasteiger partial charge on any atom is 0.331 e. The van der Waals surface area contributed by atoms with E-state index < -0.39 is 4.92 Å². The molecule has 1 aromatic rings. The molecule has 1 rings (SSSR count). The van der Waals surface area contributed by atoms with Crippen LogP contribution in [0.4, 0.5) is 11.5 Å². The molecule has 0 aromatic carbocycles. The van der Waals surface area contributed by atoms with Gasteiger partial charge in [0.2, 0.25) is 0 Å². The van der Waals surface area contributed by atoms with Gasteiger partial charge in [-0.1, -0.05) is 6.92 Å². The molecule has 0 aliphatic carbocycles. The Kier molecular flexibility index (Phi) is 3.22. The molecular formula is C8H11N3O3. The Balaban J connectivity index is 2.97. The molecule has 0 atom stereocenters. The van der Waals surface area contributed by atoms with Crippen molar-refractivity contribution in [1.82, 2.24) is 4.98 Å². The van der Waals surface area contributed by atoms with Gasteiger partial charge in [-0.2, -0.15) is 4.98 Å². The Bertz CT molecular complexity index is 341. The van der Waals surface area contributed by atoms with E-state index in [1.165, 1.54) is 12.1 Å². The molecule has 0 bridgehead atoms. The lowest BCUT2D eigenvalue weighted by molar-refractivity contribution is -0.386. The van der Waals surface area contributed by atoms with Crippen LogP contribution >= 0.6 is 0 Å². The van der Waals surface area contributed by atoms with Crippen molar-refractivity contribution < 1.29 is 9.66 Å². The van der Waals surface area contributed by atoms with E-state index in [4.69, 9.17) is 10.5 Å². The highest BCUT2D eigenvalue weighted by atomic mass is 16.6. The number of anilines is 1. The summed E-state index contributed by atoms with van der Waals surface area (Å²) in [5.41, 5.74) is 5.23. The minimum absolute atomic E-state index is 0.0168. The van der Waals surface area contributed by atoms with E-state index in [9.17, 15) is 10.1 Å². The third-order valence-corrected chi connectivity index (χ3v) is 1.50. The molecule has 2 N–H and O–H groups in total. The molecule has 76 valence electrons. The second kappa shape index (κ2) is 4.40. The highest BCUT2D eigenvalue weighted by Gasteiger charge is 2.16. The summed E-state index contributed by atoms with van der Waals surface area (Å²) in [5.74, 6) is 0.193. The zero-order chi connectivity index (χ0) is 10.6. The molecular weight excluding hydrogens is 186 g/mol. The Morgan fingerprint density at radius 3 is 2.93 bits per heavy atom. The van der Waals surface area contributed by atoms with Crippen molar-refractivity contribution in [1.29, 1.82) is 0 Å². The van der Waals surface area contributed by atoms with Crippen LogP contribution in [-0.4, -0.2) is 16.5 Å². The zero-order valence-corrected chi connectivity index (χ0v) is 7.77. The van der Waals surface area contributed by atoms with Crippen molar-refractivity contribution in [3.8, 4) is 5.88 Å². The van der Waals surface area contributed by atoms with Crippen LogP contribution in [0.15, 0.2) is 12.1 Å². The number of ether oxygens (including phenoxy) is 1. The van der Waals surface area contributed by atoms with Crippen LogP contribution in [0.25, 0.3) is 0 Å². The van der Waals surface area contributed by atoms with Crippen molar-refractivity contribution in [2.45, 2.75) is 13.3 Å². The number of nitrogen functional groups attached to an aromatic ring is 1. The third-order valence-electron chi connectivity index (χ3n) is 1.50. The summed E-state index contributed by atoms with van der Waals surface area (Å²) in [6.45, 7) is 2.29. The number of rotatable bonds is 4. The minimum Gasteiger partial charge on any atom is -0.473 e. The van der Waals surface area contributed by atoms with Gasteiger partial charge in [-0.05, 0) is 12.5 Å². The molecule has 14 heavy (non-hydrogen) atoms. The lowest BCUT2D eigenvalue weighted by atomic mass is 10.4. The van der Waals surface area contributed by atoms with Gasteiger partial charge < -0.3 is 10.5 Å². The van der Waals surface area contributed by atoms with Crippen molar-refractivity contribution in [3.05, 3.63) is 22.2 Å². The van der Waals surface area contributed by atoms with Crippen LogP contribution in [-0.2, 0) is 0 Å². The molecule has 0 saturated carbocycles. The highest BCUT2D eigenvalue weighted by Crippen LogP contribution is 2.25. The summed E-state index contributed by atoms with van der Waals surface area (Å²) in [6.07, 6.45) is 0.758. The molecule has 0 fully saturated rings. The predicted octanol–water partition coefficient (Wildman–Crippen LogP) is 1.36. The van der Waals surface area contributed by atoms with Crippen LogP contribution in [0, 0.1) is 10.1 Å². The molecule has 0 aliphatic heterocycles. The number of nitrogens with two attached hydrogens (primary N) is 1. The van der Waals surface area contributed by atoms with Gasteiger partial charge in [-0.3, -0.25) is 10.1 Å². The molecule has 0 amide bonds. The molecule has 0 unspecified atom stereocenters. The second-order valence-electron chi connectivity index (χ2n) is 2.67. The number of nitrogens with zero attached hydrogens (tertiary/aromatic N) is 2. The van der Waals surface area contributed by atoms with Gasteiger partial charge in [0.15, 0.2) is 0 Å². The SMILES string of the molecule is CCCOc1nc(N)ccc1[N+](=O)[O-]. The first-order valence-corrected chi connectivity index (χ1v) is 4.19. The normalized spacial score (nSPS) is 9.79. The van der Waals surface area contributed by atoms with E-state index in [2.05, 4.69) is 4.98 Å². The Hall–Kier alpha value is -1.85. The number of pyridine rings is 1. The topological polar surface area (TPSA) is 91.3 Å². The van der Waals surface area contributed by atoms with Crippen molar-refractivity contribution >= 4 is 11.5 Å². The third kappa shape index (κ3) is 2.32. The largest absolute Gasteiger partial charge is 0.473 e. The highest BCUT2D eigenvalue weighted by molar-refractivity contribution is 5.46. The molecule has 0 aliphatic rings. The predicted molar refractivity (Wildman–Crippen MR) is 51.1 cm³/mol. The summed E-state index contributed by atoms with van der Waals surface area (Å²) in [6, 6.07) is 2.66. The Morgan fingerprint density at radius 2 is 2.36 bits per heavy atom. The molecule has 0 radical (unpaired) electrons. The lowest BCUT2D eigenvalue weighted by Gasteiger charge is -2.04. The lowest BCUT2D eigenvalue weighted by Crippen LogP contribution is -2.03. The van der Waals surface area contributed by atoms with Crippen LogP contribution < -0.4 is 10.5 Å². The molecule has 6 heteroatoms. The summed E-state index contributed by atoms with van der Waals surface area (Å²) in [4.78, 5) is 13.7. The van der Waals surface area contributed by atoms with Gasteiger partial charge in [0.05, 0.1) is 11.5 Å². The molecule has 1 heterocycles. The van der Waals surface area contributed by atoms with Crippen molar-refractivity contribution in [3.63, 3.8) is 0 Å². The Labute approximate surface area is 80.9 Å². The smallest absolute Gasteiger partial charge is 0.331 e. The summed E-state index contributed by atoms with van der Waals surface area (Å²) < 4.78 is 5.10. The fourth-order valence-corrected chi connectivity index (χ4v) is 0.891. The number of hydrogen-bond acceptors (Lipinski definition) is 5. The van der Waals surface area contributed by atoms with Crippen molar-refractivity contribution in [2.75, 3.05) is 12.3 Å². The van der Waals surface area contributed by atoms with Gasteiger partial charge in [-0.15, -0.1) is 0 Å². The van der Waals surface area contributed by atoms with E-state index in [-0.39, 0.29) is 17.4 Å². The van der Waals surface area contributed by atoms with Gasteiger partial charge in [-0.25, -0.2) is 0 Å². The van der Waals surface area contributed by atoms with Gasteiger partial charge in [0.25, 0.3) is 5.88 Å². The zero-order valence-electron chi connectivity index (χ0n) is 7.77. The minimum atomic E-state index is -0.544. The first kappa shape index (κ1) is 10.2. The fourth-order valence-electron chi connectivity index (χ4n) is 0.891. The van der Waals surface area contributed by atoms with E-state index in [1.54, 1.807) is 0 Å². The van der Waals surface area contributed by atoms with E-state index >= 15 is 0 Å². The van der Waals surface area contributed by atoms with Gasteiger partial charge in [0, 0.05) is 6.07 Å². The molecule has 1 aromatic heterocycles. The van der Waals surface area contributed by atoms with E-state index in [0.29, 0.717) is 6.61 Å². The van der Waals surface area contributed by atoms with Crippen molar-refractivity contribution in [2.24, 2.45) is 0 Å². The second-order valence-corrected chi connectivity index (χ2v) is 2.67. The monoisotopic (exact) mass is 197 g/mol. The van der Waals surface area contributed by atoms with Gasteiger partial charge in [0.1, 0.15) is 5.82 Å². The van der Waals surface area contributed by atoms with E-state index in [0.717, 1.165) is 6.42 Å². The number of aromatic nitrogens is 1. The quantitative estimate of drug-likeness (QED) is 0.581. The standard InChI is InChI=1S/C8H11N3O3/c1-2-5-14-8-6(11(12)13)3-4-7(9)10-8/h3-4H,2,5H2,1H3,(H2,9,10). The summed E-state index contributed by atoms with van der Waals surface area (Å²) >= 11 is 0. The maximum atomic E-state index is 10.5. The molecule has 6 nitrogen and oxygen atoms in total. The number of nitro groups is 1. The number of hydrogen-bond donors (Lipinski definition) is 1. The summed E-state index contributed by atoms with van der Waals surface area (Å²) in [7, 11) is 0. The maximum absolute atomic E-state index is 10.5. The first-order chi connectivity index (χ1) is 6.65. The van der Waals surface area contributed by atoms with Gasteiger partial charge >= 0.3 is 5.69 Å². The fraction of sp³-hybridized carbons (Fsp3) is 0.375. The average Bonchev–Trinajstić information content (AvgIpc) is 2.14. The van der Waals surface area contributed by atoms with E-state index in [1.807, 2.05) is 6.92 Å². The van der Waals surface area contributed by atoms with Crippen LogP contribution in [0.3, 0.4) is 0 Å². The molecule has 0 spiro atoms. The first-order valence-electron chi connectivity index (χ1n) is 4.19. The average molecular weight is 197 g/mol.